The fourth-order valence-electron chi connectivity index (χ4n) is 2.01. The van der Waals surface area contributed by atoms with Gasteiger partial charge in [-0.1, -0.05) is 26.0 Å². The van der Waals surface area contributed by atoms with Crippen molar-refractivity contribution in [2.45, 2.75) is 33.6 Å². The van der Waals surface area contributed by atoms with E-state index in [-0.39, 0.29) is 0 Å². The van der Waals surface area contributed by atoms with Gasteiger partial charge in [0, 0.05) is 18.4 Å². The highest BCUT2D eigenvalue weighted by Crippen LogP contribution is 2.21. The largest absolute Gasteiger partial charge is 0.356 e. The predicted octanol–water partition coefficient (Wildman–Crippen LogP) is 3.74. The van der Waals surface area contributed by atoms with Gasteiger partial charge >= 0.3 is 0 Å². The second kappa shape index (κ2) is 5.25. The topological polar surface area (TPSA) is 29.9 Å². The quantitative estimate of drug-likeness (QED) is 0.886. The molecule has 18 heavy (non-hydrogen) atoms. The van der Waals surface area contributed by atoms with Gasteiger partial charge < -0.3 is 5.32 Å². The van der Waals surface area contributed by atoms with E-state index in [2.05, 4.69) is 66.1 Å². The normalized spacial score (nSPS) is 10.9. The summed E-state index contributed by atoms with van der Waals surface area (Å²) in [6.07, 6.45) is 2.07. The average Bonchev–Trinajstić information content (AvgIpc) is 2.71. The third kappa shape index (κ3) is 2.55. The third-order valence-corrected chi connectivity index (χ3v) is 2.98. The molecule has 0 aliphatic rings. The fraction of sp³-hybridized carbons (Fsp3) is 0.400. The molecular weight excluding hydrogens is 222 g/mol. The molecule has 0 fully saturated rings. The summed E-state index contributed by atoms with van der Waals surface area (Å²) < 4.78 is 2.12. The van der Waals surface area contributed by atoms with Crippen LogP contribution in [0.1, 0.15) is 37.9 Å². The highest BCUT2D eigenvalue weighted by molar-refractivity contribution is 5.45. The second-order valence-corrected chi connectivity index (χ2v) is 4.86. The van der Waals surface area contributed by atoms with Crippen LogP contribution in [0.3, 0.4) is 0 Å². The Morgan fingerprint density at radius 1 is 1.33 bits per heavy atom. The lowest BCUT2D eigenvalue weighted by Crippen LogP contribution is -2.05. The van der Waals surface area contributed by atoms with E-state index in [0.29, 0.717) is 5.92 Å². The first-order chi connectivity index (χ1) is 8.61. The van der Waals surface area contributed by atoms with E-state index in [0.717, 1.165) is 23.9 Å². The number of nitrogens with zero attached hydrogens (tertiary/aromatic N) is 2. The van der Waals surface area contributed by atoms with Crippen LogP contribution in [0.5, 0.6) is 0 Å². The lowest BCUT2D eigenvalue weighted by molar-refractivity contribution is 0.862. The Balaban J connectivity index is 2.44. The van der Waals surface area contributed by atoms with Crippen molar-refractivity contribution < 1.29 is 0 Å². The van der Waals surface area contributed by atoms with Gasteiger partial charge in [0.25, 0.3) is 0 Å². The predicted molar refractivity (Wildman–Crippen MR) is 76.6 cm³/mol. The van der Waals surface area contributed by atoms with Gasteiger partial charge in [0.2, 0.25) is 5.95 Å². The number of anilines is 1. The van der Waals surface area contributed by atoms with Crippen LogP contribution in [-0.2, 0) is 0 Å². The number of aromatic nitrogens is 2. The van der Waals surface area contributed by atoms with Crippen LogP contribution < -0.4 is 5.32 Å². The molecule has 3 nitrogen and oxygen atoms in total. The molecule has 0 unspecified atom stereocenters. The van der Waals surface area contributed by atoms with Crippen LogP contribution in [0.25, 0.3) is 5.69 Å². The SMILES string of the molecule is CCNc1nc(C)cn1-c1cccc(C(C)C)c1. The van der Waals surface area contributed by atoms with Crippen molar-refractivity contribution in [3.63, 3.8) is 0 Å². The summed E-state index contributed by atoms with van der Waals surface area (Å²) in [4.78, 5) is 4.50. The Kier molecular flexibility index (Phi) is 3.70. The molecule has 0 atom stereocenters. The number of nitrogens with one attached hydrogen (secondary N) is 1. The summed E-state index contributed by atoms with van der Waals surface area (Å²) in [7, 11) is 0. The van der Waals surface area contributed by atoms with Crippen LogP contribution >= 0.6 is 0 Å². The van der Waals surface area contributed by atoms with E-state index < -0.39 is 0 Å². The maximum atomic E-state index is 4.50. The number of hydrogen-bond donors (Lipinski definition) is 1. The van der Waals surface area contributed by atoms with Gasteiger partial charge in [0.15, 0.2) is 0 Å². The number of rotatable bonds is 4. The summed E-state index contributed by atoms with van der Waals surface area (Å²) in [6.45, 7) is 9.40. The van der Waals surface area contributed by atoms with Crippen molar-refractivity contribution in [2.24, 2.45) is 0 Å². The zero-order chi connectivity index (χ0) is 13.1. The Bertz CT molecular complexity index is 526. The standard InChI is InChI=1S/C15H21N3/c1-5-16-15-17-12(4)10-18(15)14-8-6-7-13(9-14)11(2)3/h6-11H,5H2,1-4H3,(H,16,17). The highest BCUT2D eigenvalue weighted by atomic mass is 15.2. The van der Waals surface area contributed by atoms with Gasteiger partial charge in [-0.2, -0.15) is 0 Å². The van der Waals surface area contributed by atoms with Crippen LogP contribution in [-0.4, -0.2) is 16.1 Å². The monoisotopic (exact) mass is 243 g/mol. The first kappa shape index (κ1) is 12.7. The Hall–Kier alpha value is -1.77. The minimum absolute atomic E-state index is 0.539. The Morgan fingerprint density at radius 2 is 2.11 bits per heavy atom. The molecule has 1 N–H and O–H groups in total. The van der Waals surface area contributed by atoms with E-state index in [1.165, 1.54) is 5.56 Å². The van der Waals surface area contributed by atoms with Crippen LogP contribution in [0.15, 0.2) is 30.5 Å². The molecule has 1 aromatic carbocycles. The minimum Gasteiger partial charge on any atom is -0.356 e. The molecule has 0 aliphatic heterocycles. The third-order valence-electron chi connectivity index (χ3n) is 2.98. The molecule has 0 aliphatic carbocycles. The van der Waals surface area contributed by atoms with Gasteiger partial charge in [0.05, 0.1) is 5.69 Å². The van der Waals surface area contributed by atoms with Gasteiger partial charge in [0.1, 0.15) is 0 Å². The van der Waals surface area contributed by atoms with Crippen molar-refractivity contribution in [3.8, 4) is 5.69 Å². The summed E-state index contributed by atoms with van der Waals surface area (Å²) >= 11 is 0. The first-order valence-corrected chi connectivity index (χ1v) is 6.52. The molecule has 96 valence electrons. The number of aryl methyl sites for hydroxylation is 1. The molecule has 0 saturated carbocycles. The zero-order valence-corrected chi connectivity index (χ0v) is 11.6. The summed E-state index contributed by atoms with van der Waals surface area (Å²) in [6, 6.07) is 8.63. The second-order valence-electron chi connectivity index (χ2n) is 4.86. The number of benzene rings is 1. The van der Waals surface area contributed by atoms with E-state index in [9.17, 15) is 0 Å². The maximum absolute atomic E-state index is 4.50. The Morgan fingerprint density at radius 3 is 2.78 bits per heavy atom. The van der Waals surface area contributed by atoms with Crippen molar-refractivity contribution in [1.29, 1.82) is 0 Å². The van der Waals surface area contributed by atoms with Crippen LogP contribution in [0, 0.1) is 6.92 Å². The number of hydrogen-bond acceptors (Lipinski definition) is 2. The van der Waals surface area contributed by atoms with Gasteiger partial charge in [-0.3, -0.25) is 4.57 Å². The number of imidazole rings is 1. The lowest BCUT2D eigenvalue weighted by Gasteiger charge is -2.11. The molecule has 2 aromatic rings. The average molecular weight is 243 g/mol. The summed E-state index contributed by atoms with van der Waals surface area (Å²) in [5.74, 6) is 1.45. The molecule has 0 saturated heterocycles. The van der Waals surface area contributed by atoms with E-state index in [1.54, 1.807) is 0 Å². The molecule has 0 amide bonds. The van der Waals surface area contributed by atoms with E-state index in [1.807, 2.05) is 6.92 Å². The van der Waals surface area contributed by atoms with Crippen molar-refractivity contribution >= 4 is 5.95 Å². The smallest absolute Gasteiger partial charge is 0.207 e. The van der Waals surface area contributed by atoms with E-state index >= 15 is 0 Å². The highest BCUT2D eigenvalue weighted by Gasteiger charge is 2.08. The molecule has 1 heterocycles. The van der Waals surface area contributed by atoms with Crippen molar-refractivity contribution in [3.05, 3.63) is 41.7 Å². The van der Waals surface area contributed by atoms with Crippen molar-refractivity contribution in [1.82, 2.24) is 9.55 Å². The molecule has 0 radical (unpaired) electrons. The fourth-order valence-corrected chi connectivity index (χ4v) is 2.01. The zero-order valence-electron chi connectivity index (χ0n) is 11.6. The molecule has 0 bridgehead atoms. The molecule has 3 heteroatoms. The van der Waals surface area contributed by atoms with Gasteiger partial charge in [-0.05, 0) is 37.5 Å². The molecular formula is C15H21N3. The molecule has 1 aromatic heterocycles. The minimum atomic E-state index is 0.539. The van der Waals surface area contributed by atoms with Crippen molar-refractivity contribution in [2.75, 3.05) is 11.9 Å². The lowest BCUT2D eigenvalue weighted by atomic mass is 10.0. The first-order valence-electron chi connectivity index (χ1n) is 6.52. The van der Waals surface area contributed by atoms with Gasteiger partial charge in [-0.25, -0.2) is 4.98 Å². The molecule has 0 spiro atoms. The Labute approximate surface area is 109 Å². The van der Waals surface area contributed by atoms with Crippen LogP contribution in [0.2, 0.25) is 0 Å². The van der Waals surface area contributed by atoms with Gasteiger partial charge in [-0.15, -0.1) is 0 Å². The van der Waals surface area contributed by atoms with Crippen LogP contribution in [0.4, 0.5) is 5.95 Å². The van der Waals surface area contributed by atoms with E-state index in [4.69, 9.17) is 0 Å². The summed E-state index contributed by atoms with van der Waals surface area (Å²) in [5.41, 5.74) is 3.54. The molecule has 2 rings (SSSR count). The maximum Gasteiger partial charge on any atom is 0.207 e. The summed E-state index contributed by atoms with van der Waals surface area (Å²) in [5, 5.41) is 3.30.